The highest BCUT2D eigenvalue weighted by atomic mass is 35.5. The summed E-state index contributed by atoms with van der Waals surface area (Å²) in [6.07, 6.45) is 1.54. The van der Waals surface area contributed by atoms with Crippen molar-refractivity contribution in [1.82, 2.24) is 0 Å². The molecule has 1 aliphatic rings. The first kappa shape index (κ1) is 21.5. The molecule has 9 heteroatoms. The zero-order valence-corrected chi connectivity index (χ0v) is 17.8. The number of nitro groups is 1. The first-order chi connectivity index (χ1) is 15.4. The molecule has 32 heavy (non-hydrogen) atoms. The van der Waals surface area contributed by atoms with Gasteiger partial charge in [-0.2, -0.15) is 0 Å². The summed E-state index contributed by atoms with van der Waals surface area (Å²) >= 11 is 11.7. The van der Waals surface area contributed by atoms with Gasteiger partial charge in [-0.25, -0.2) is 9.79 Å². The molecule has 160 valence electrons. The molecule has 0 radical (unpaired) electrons. The van der Waals surface area contributed by atoms with Gasteiger partial charge < -0.3 is 9.47 Å². The van der Waals surface area contributed by atoms with Crippen LogP contribution in [0.3, 0.4) is 0 Å². The number of esters is 1. The van der Waals surface area contributed by atoms with Crippen LogP contribution in [-0.4, -0.2) is 16.8 Å². The summed E-state index contributed by atoms with van der Waals surface area (Å²) in [5.74, 6) is -0.167. The lowest BCUT2D eigenvalue weighted by molar-refractivity contribution is -0.384. The molecule has 1 heterocycles. The summed E-state index contributed by atoms with van der Waals surface area (Å²) in [5, 5.41) is 11.7. The Morgan fingerprint density at radius 2 is 1.81 bits per heavy atom. The van der Waals surface area contributed by atoms with Crippen LogP contribution in [0.2, 0.25) is 10.0 Å². The number of nitro benzene ring substituents is 1. The maximum absolute atomic E-state index is 12.4. The van der Waals surface area contributed by atoms with Crippen LogP contribution in [0, 0.1) is 10.1 Å². The second kappa shape index (κ2) is 9.21. The number of carbonyl (C=O) groups excluding carboxylic acids is 1. The molecular weight excluding hydrogens is 455 g/mol. The minimum atomic E-state index is -0.676. The minimum absolute atomic E-state index is 0.0220. The molecule has 0 saturated heterocycles. The zero-order valence-electron chi connectivity index (χ0n) is 16.3. The number of hydrogen-bond donors (Lipinski definition) is 0. The van der Waals surface area contributed by atoms with E-state index in [9.17, 15) is 14.9 Å². The van der Waals surface area contributed by atoms with E-state index < -0.39 is 10.9 Å². The quantitative estimate of drug-likeness (QED) is 0.196. The van der Waals surface area contributed by atoms with Crippen LogP contribution in [0.25, 0.3) is 6.08 Å². The van der Waals surface area contributed by atoms with Crippen molar-refractivity contribution in [2.75, 3.05) is 0 Å². The number of carbonyl (C=O) groups is 1. The van der Waals surface area contributed by atoms with Gasteiger partial charge in [0.2, 0.25) is 5.90 Å². The highest BCUT2D eigenvalue weighted by Crippen LogP contribution is 2.29. The van der Waals surface area contributed by atoms with Gasteiger partial charge in [0.05, 0.1) is 4.92 Å². The lowest BCUT2D eigenvalue weighted by Crippen LogP contribution is -2.06. The summed E-state index contributed by atoms with van der Waals surface area (Å²) < 4.78 is 11.1. The first-order valence-corrected chi connectivity index (χ1v) is 10.1. The molecule has 3 aromatic rings. The maximum atomic E-state index is 12.4. The van der Waals surface area contributed by atoms with Crippen LogP contribution < -0.4 is 4.74 Å². The normalized spacial score (nSPS) is 14.2. The molecule has 0 amide bonds. The van der Waals surface area contributed by atoms with Crippen molar-refractivity contribution >= 4 is 46.8 Å². The Morgan fingerprint density at radius 1 is 1.06 bits per heavy atom. The van der Waals surface area contributed by atoms with Crippen molar-refractivity contribution < 1.29 is 19.2 Å². The van der Waals surface area contributed by atoms with Gasteiger partial charge in [0.25, 0.3) is 5.69 Å². The molecule has 0 aromatic heterocycles. The number of benzene rings is 3. The monoisotopic (exact) mass is 468 g/mol. The van der Waals surface area contributed by atoms with Crippen LogP contribution in [0.5, 0.6) is 5.75 Å². The Morgan fingerprint density at radius 3 is 2.56 bits per heavy atom. The number of ether oxygens (including phenoxy) is 2. The largest absolute Gasteiger partial charge is 0.488 e. The van der Waals surface area contributed by atoms with Crippen molar-refractivity contribution in [1.29, 1.82) is 0 Å². The summed E-state index contributed by atoms with van der Waals surface area (Å²) in [6.45, 7) is 0.310. The highest BCUT2D eigenvalue weighted by molar-refractivity contribution is 6.32. The van der Waals surface area contributed by atoms with Crippen LogP contribution in [0.1, 0.15) is 16.7 Å². The number of cyclic esters (lactones) is 1. The van der Waals surface area contributed by atoms with Gasteiger partial charge in [-0.05, 0) is 42.0 Å². The minimum Gasteiger partial charge on any atom is -0.488 e. The van der Waals surface area contributed by atoms with Gasteiger partial charge in [-0.15, -0.1) is 0 Å². The zero-order chi connectivity index (χ0) is 22.7. The lowest BCUT2D eigenvalue weighted by atomic mass is 10.1. The second-order valence-corrected chi connectivity index (χ2v) is 7.56. The molecular formula is C23H14Cl2N2O5. The van der Waals surface area contributed by atoms with Crippen LogP contribution in [-0.2, 0) is 16.1 Å². The fourth-order valence-electron chi connectivity index (χ4n) is 2.94. The van der Waals surface area contributed by atoms with E-state index in [1.807, 2.05) is 18.2 Å². The fourth-order valence-corrected chi connectivity index (χ4v) is 3.25. The van der Waals surface area contributed by atoms with Gasteiger partial charge in [-0.3, -0.25) is 10.1 Å². The van der Waals surface area contributed by atoms with E-state index in [0.29, 0.717) is 22.9 Å². The number of halogens is 2. The molecule has 0 spiro atoms. The molecule has 0 unspecified atom stereocenters. The van der Waals surface area contributed by atoms with E-state index in [1.54, 1.807) is 30.3 Å². The first-order valence-electron chi connectivity index (χ1n) is 9.34. The average Bonchev–Trinajstić information content (AvgIpc) is 3.14. The predicted octanol–water partition coefficient (Wildman–Crippen LogP) is 5.83. The Balaban J connectivity index is 1.59. The molecule has 4 rings (SSSR count). The van der Waals surface area contributed by atoms with Crippen LogP contribution in [0.15, 0.2) is 77.4 Å². The van der Waals surface area contributed by atoms with Crippen molar-refractivity contribution in [3.05, 3.63) is 109 Å². The van der Waals surface area contributed by atoms with Crippen molar-refractivity contribution in [2.24, 2.45) is 4.99 Å². The number of nitrogens with zero attached hydrogens (tertiary/aromatic N) is 2. The van der Waals surface area contributed by atoms with Gasteiger partial charge in [0, 0.05) is 22.2 Å². The Kier molecular flexibility index (Phi) is 6.20. The fraction of sp³-hybridized carbons (Fsp3) is 0.0435. The van der Waals surface area contributed by atoms with E-state index in [2.05, 4.69) is 4.99 Å². The van der Waals surface area contributed by atoms with E-state index in [0.717, 1.165) is 5.56 Å². The molecule has 0 fully saturated rings. The highest BCUT2D eigenvalue weighted by Gasteiger charge is 2.26. The Hall–Kier alpha value is -3.68. The summed E-state index contributed by atoms with van der Waals surface area (Å²) in [5.41, 5.74) is 1.56. The summed E-state index contributed by atoms with van der Waals surface area (Å²) in [4.78, 5) is 27.1. The third kappa shape index (κ3) is 4.80. The second-order valence-electron chi connectivity index (χ2n) is 6.71. The number of rotatable bonds is 6. The maximum Gasteiger partial charge on any atom is 0.363 e. The molecule has 7 nitrogen and oxygen atoms in total. The molecule has 3 aromatic carbocycles. The molecule has 0 aliphatic carbocycles. The van der Waals surface area contributed by atoms with Crippen molar-refractivity contribution in [3.8, 4) is 5.75 Å². The number of hydrogen-bond acceptors (Lipinski definition) is 6. The lowest BCUT2D eigenvalue weighted by Gasteiger charge is -2.09. The molecule has 1 aliphatic heterocycles. The smallest absolute Gasteiger partial charge is 0.363 e. The third-order valence-corrected chi connectivity index (χ3v) is 5.10. The Labute approximate surface area is 192 Å². The molecule has 0 bridgehead atoms. The SMILES string of the molecule is O=C1OC(c2ccc(Cl)c([N+](=O)[O-])c2)=N/C1=C\c1ccccc1OCc1ccc(Cl)cc1. The molecule has 0 saturated carbocycles. The van der Waals surface area contributed by atoms with Crippen molar-refractivity contribution in [2.45, 2.75) is 6.61 Å². The molecule has 0 atom stereocenters. The van der Waals surface area contributed by atoms with Gasteiger partial charge >= 0.3 is 5.97 Å². The Bertz CT molecular complexity index is 1270. The topological polar surface area (TPSA) is 91.0 Å². The standard InChI is InChI=1S/C23H14Cl2N2O5/c24-17-8-5-14(6-9-17)13-31-21-4-2-1-3-15(21)11-19-23(28)32-22(26-19)16-7-10-18(25)20(12-16)27(29)30/h1-12H,13H2/b19-11-. The van der Waals surface area contributed by atoms with Crippen LogP contribution in [0.4, 0.5) is 5.69 Å². The van der Waals surface area contributed by atoms with E-state index in [1.165, 1.54) is 24.3 Å². The summed E-state index contributed by atoms with van der Waals surface area (Å²) in [7, 11) is 0. The van der Waals surface area contributed by atoms with Crippen LogP contribution >= 0.6 is 23.2 Å². The van der Waals surface area contributed by atoms with E-state index in [-0.39, 0.29) is 27.9 Å². The summed E-state index contributed by atoms with van der Waals surface area (Å²) in [6, 6.07) is 18.5. The van der Waals surface area contributed by atoms with Gasteiger partial charge in [0.1, 0.15) is 17.4 Å². The van der Waals surface area contributed by atoms with E-state index >= 15 is 0 Å². The van der Waals surface area contributed by atoms with Gasteiger partial charge in [-0.1, -0.05) is 53.5 Å². The van der Waals surface area contributed by atoms with Gasteiger partial charge in [0.15, 0.2) is 5.70 Å². The molecule has 0 N–H and O–H groups in total. The number of para-hydroxylation sites is 1. The van der Waals surface area contributed by atoms with Crippen molar-refractivity contribution in [3.63, 3.8) is 0 Å². The number of aliphatic imine (C=N–C) groups is 1. The van der Waals surface area contributed by atoms with E-state index in [4.69, 9.17) is 32.7 Å². The average molecular weight is 469 g/mol. The third-order valence-electron chi connectivity index (χ3n) is 4.53. The predicted molar refractivity (Wildman–Crippen MR) is 121 cm³/mol.